The lowest BCUT2D eigenvalue weighted by Gasteiger charge is -2.04. The summed E-state index contributed by atoms with van der Waals surface area (Å²) >= 11 is 0. The van der Waals surface area contributed by atoms with Crippen LogP contribution in [-0.2, 0) is 13.6 Å². The Morgan fingerprint density at radius 1 is 1.40 bits per heavy atom. The number of benzene rings is 1. The molecule has 0 saturated carbocycles. The van der Waals surface area contributed by atoms with Crippen molar-refractivity contribution in [2.75, 3.05) is 7.05 Å². The summed E-state index contributed by atoms with van der Waals surface area (Å²) in [4.78, 5) is 4.33. The molecule has 0 saturated heterocycles. The minimum absolute atomic E-state index is 0.887. The first-order valence-corrected chi connectivity index (χ1v) is 5.02. The minimum atomic E-state index is 0.887. The first-order chi connectivity index (χ1) is 7.31. The van der Waals surface area contributed by atoms with Crippen molar-refractivity contribution in [3.8, 4) is 11.4 Å². The predicted molar refractivity (Wildman–Crippen MR) is 61.4 cm³/mol. The largest absolute Gasteiger partial charge is 0.334 e. The molecule has 0 fully saturated rings. The van der Waals surface area contributed by atoms with Gasteiger partial charge in [-0.2, -0.15) is 0 Å². The van der Waals surface area contributed by atoms with Crippen LogP contribution in [0.3, 0.4) is 0 Å². The highest BCUT2D eigenvalue weighted by molar-refractivity contribution is 5.56. The molecule has 0 aliphatic heterocycles. The summed E-state index contributed by atoms with van der Waals surface area (Å²) in [7, 11) is 3.96. The summed E-state index contributed by atoms with van der Waals surface area (Å²) in [5, 5.41) is 3.14. The lowest BCUT2D eigenvalue weighted by molar-refractivity contribution is 0.817. The van der Waals surface area contributed by atoms with E-state index in [2.05, 4.69) is 34.6 Å². The van der Waals surface area contributed by atoms with E-state index in [9.17, 15) is 0 Å². The third kappa shape index (κ3) is 2.07. The van der Waals surface area contributed by atoms with E-state index in [1.54, 1.807) is 0 Å². The maximum absolute atomic E-state index is 4.33. The second-order valence-corrected chi connectivity index (χ2v) is 3.59. The van der Waals surface area contributed by atoms with Gasteiger partial charge in [0.25, 0.3) is 0 Å². The standard InChI is InChI=1S/C12H15N3/c1-13-9-10-4-3-5-11(8-10)12-14-6-7-15(12)2/h3-8,13H,9H2,1-2H3. The van der Waals surface area contributed by atoms with Crippen LogP contribution in [0.4, 0.5) is 0 Å². The SMILES string of the molecule is CNCc1cccc(-c2nccn2C)c1. The van der Waals surface area contributed by atoms with E-state index < -0.39 is 0 Å². The van der Waals surface area contributed by atoms with Gasteiger partial charge in [-0.05, 0) is 18.7 Å². The van der Waals surface area contributed by atoms with Crippen LogP contribution < -0.4 is 5.32 Å². The van der Waals surface area contributed by atoms with Crippen LogP contribution in [0.15, 0.2) is 36.7 Å². The fraction of sp³-hybridized carbons (Fsp3) is 0.250. The van der Waals surface area contributed by atoms with Crippen LogP contribution in [0.1, 0.15) is 5.56 Å². The van der Waals surface area contributed by atoms with Gasteiger partial charge in [0.15, 0.2) is 0 Å². The molecule has 1 N–H and O–H groups in total. The summed E-state index contributed by atoms with van der Waals surface area (Å²) in [5.74, 6) is 1.01. The Morgan fingerprint density at radius 2 is 2.27 bits per heavy atom. The molecule has 0 atom stereocenters. The molecule has 0 aliphatic rings. The topological polar surface area (TPSA) is 29.9 Å². The fourth-order valence-corrected chi connectivity index (χ4v) is 1.67. The molecule has 1 aromatic carbocycles. The molecule has 2 rings (SSSR count). The van der Waals surface area contributed by atoms with Gasteiger partial charge in [-0.25, -0.2) is 4.98 Å². The zero-order chi connectivity index (χ0) is 10.7. The molecule has 1 heterocycles. The number of hydrogen-bond donors (Lipinski definition) is 1. The van der Waals surface area contributed by atoms with E-state index in [-0.39, 0.29) is 0 Å². The third-order valence-electron chi connectivity index (χ3n) is 2.39. The molecule has 2 aromatic rings. The molecular formula is C12H15N3. The highest BCUT2D eigenvalue weighted by Gasteiger charge is 2.03. The van der Waals surface area contributed by atoms with E-state index in [1.165, 1.54) is 5.56 Å². The molecule has 0 spiro atoms. The number of nitrogens with one attached hydrogen (secondary N) is 1. The monoisotopic (exact) mass is 201 g/mol. The van der Waals surface area contributed by atoms with Crippen LogP contribution in [0, 0.1) is 0 Å². The number of imidazole rings is 1. The summed E-state index contributed by atoms with van der Waals surface area (Å²) in [5.41, 5.74) is 2.44. The summed E-state index contributed by atoms with van der Waals surface area (Å²) in [6, 6.07) is 8.43. The van der Waals surface area contributed by atoms with Crippen molar-refractivity contribution in [2.45, 2.75) is 6.54 Å². The van der Waals surface area contributed by atoms with Crippen molar-refractivity contribution in [3.63, 3.8) is 0 Å². The van der Waals surface area contributed by atoms with Gasteiger partial charge in [0, 0.05) is 31.5 Å². The average molecular weight is 201 g/mol. The number of aryl methyl sites for hydroxylation is 1. The Balaban J connectivity index is 2.37. The van der Waals surface area contributed by atoms with Crippen molar-refractivity contribution in [3.05, 3.63) is 42.2 Å². The van der Waals surface area contributed by atoms with E-state index >= 15 is 0 Å². The molecular weight excluding hydrogens is 186 g/mol. The van der Waals surface area contributed by atoms with Crippen molar-refractivity contribution < 1.29 is 0 Å². The van der Waals surface area contributed by atoms with Gasteiger partial charge >= 0.3 is 0 Å². The number of aromatic nitrogens is 2. The fourth-order valence-electron chi connectivity index (χ4n) is 1.67. The second-order valence-electron chi connectivity index (χ2n) is 3.59. The molecule has 0 amide bonds. The number of nitrogens with zero attached hydrogens (tertiary/aromatic N) is 2. The van der Waals surface area contributed by atoms with Gasteiger partial charge in [-0.1, -0.05) is 18.2 Å². The van der Waals surface area contributed by atoms with Crippen molar-refractivity contribution in [1.29, 1.82) is 0 Å². The van der Waals surface area contributed by atoms with Gasteiger partial charge in [0.05, 0.1) is 0 Å². The Morgan fingerprint density at radius 3 is 2.93 bits per heavy atom. The van der Waals surface area contributed by atoms with E-state index in [1.807, 2.05) is 31.1 Å². The third-order valence-corrected chi connectivity index (χ3v) is 2.39. The molecule has 15 heavy (non-hydrogen) atoms. The van der Waals surface area contributed by atoms with E-state index in [4.69, 9.17) is 0 Å². The first kappa shape index (κ1) is 9.93. The van der Waals surface area contributed by atoms with Crippen molar-refractivity contribution >= 4 is 0 Å². The highest BCUT2D eigenvalue weighted by atomic mass is 15.0. The molecule has 0 radical (unpaired) electrons. The maximum atomic E-state index is 4.33. The van der Waals surface area contributed by atoms with Gasteiger partial charge in [0.2, 0.25) is 0 Å². The molecule has 3 heteroatoms. The Bertz CT molecular complexity index is 446. The molecule has 3 nitrogen and oxygen atoms in total. The van der Waals surface area contributed by atoms with E-state index in [0.717, 1.165) is 17.9 Å². The minimum Gasteiger partial charge on any atom is -0.334 e. The normalized spacial score (nSPS) is 10.5. The van der Waals surface area contributed by atoms with E-state index in [0.29, 0.717) is 0 Å². The number of hydrogen-bond acceptors (Lipinski definition) is 2. The van der Waals surface area contributed by atoms with Gasteiger partial charge in [-0.3, -0.25) is 0 Å². The maximum Gasteiger partial charge on any atom is 0.139 e. The van der Waals surface area contributed by atoms with Crippen LogP contribution in [0.25, 0.3) is 11.4 Å². The van der Waals surface area contributed by atoms with Gasteiger partial charge in [0.1, 0.15) is 5.82 Å². The lowest BCUT2D eigenvalue weighted by atomic mass is 10.1. The van der Waals surface area contributed by atoms with Crippen molar-refractivity contribution in [2.24, 2.45) is 7.05 Å². The summed E-state index contributed by atoms with van der Waals surface area (Å²) in [6.45, 7) is 0.887. The van der Waals surface area contributed by atoms with Crippen LogP contribution in [-0.4, -0.2) is 16.6 Å². The van der Waals surface area contributed by atoms with Crippen LogP contribution in [0.5, 0.6) is 0 Å². The molecule has 0 aliphatic carbocycles. The number of rotatable bonds is 3. The molecule has 0 bridgehead atoms. The Labute approximate surface area is 89.8 Å². The molecule has 78 valence electrons. The smallest absolute Gasteiger partial charge is 0.139 e. The molecule has 1 aromatic heterocycles. The Kier molecular flexibility index (Phi) is 2.83. The van der Waals surface area contributed by atoms with Crippen LogP contribution >= 0.6 is 0 Å². The van der Waals surface area contributed by atoms with Gasteiger partial charge < -0.3 is 9.88 Å². The first-order valence-electron chi connectivity index (χ1n) is 5.02. The second kappa shape index (κ2) is 4.28. The van der Waals surface area contributed by atoms with Gasteiger partial charge in [-0.15, -0.1) is 0 Å². The summed E-state index contributed by atoms with van der Waals surface area (Å²) in [6.07, 6.45) is 3.78. The Hall–Kier alpha value is -1.61. The lowest BCUT2D eigenvalue weighted by Crippen LogP contribution is -2.05. The molecule has 0 unspecified atom stereocenters. The zero-order valence-corrected chi connectivity index (χ0v) is 9.07. The quantitative estimate of drug-likeness (QED) is 0.820. The highest BCUT2D eigenvalue weighted by Crippen LogP contribution is 2.17. The summed E-state index contributed by atoms with van der Waals surface area (Å²) < 4.78 is 2.03. The average Bonchev–Trinajstić information content (AvgIpc) is 2.65. The predicted octanol–water partition coefficient (Wildman–Crippen LogP) is 1.81. The zero-order valence-electron chi connectivity index (χ0n) is 9.07. The van der Waals surface area contributed by atoms with Crippen molar-refractivity contribution in [1.82, 2.24) is 14.9 Å². The van der Waals surface area contributed by atoms with Crippen LogP contribution in [0.2, 0.25) is 0 Å².